The highest BCUT2D eigenvalue weighted by atomic mass is 19.4. The van der Waals surface area contributed by atoms with E-state index in [-0.39, 0.29) is 6.04 Å². The molecule has 3 nitrogen and oxygen atoms in total. The highest BCUT2D eigenvalue weighted by Crippen LogP contribution is 2.38. The molecule has 0 amide bonds. The lowest BCUT2D eigenvalue weighted by molar-refractivity contribution is -0.141. The van der Waals surface area contributed by atoms with E-state index in [9.17, 15) is 18.0 Å². The Balaban J connectivity index is 2.34. The lowest BCUT2D eigenvalue weighted by atomic mass is 9.98. The Bertz CT molecular complexity index is 513. The quantitative estimate of drug-likeness (QED) is 0.900. The van der Waals surface area contributed by atoms with Crippen molar-refractivity contribution in [3.8, 4) is 0 Å². The van der Waals surface area contributed by atoms with Gasteiger partial charge >= 0.3 is 12.1 Å². The molecule has 1 N–H and O–H groups in total. The van der Waals surface area contributed by atoms with E-state index in [4.69, 9.17) is 5.11 Å². The van der Waals surface area contributed by atoms with Gasteiger partial charge in [-0.05, 0) is 31.0 Å². The van der Waals surface area contributed by atoms with Crippen molar-refractivity contribution in [2.24, 2.45) is 5.92 Å². The molecule has 104 valence electrons. The molecule has 1 aliphatic heterocycles. The van der Waals surface area contributed by atoms with Crippen LogP contribution in [0.1, 0.15) is 18.1 Å². The van der Waals surface area contributed by atoms with Crippen LogP contribution in [-0.2, 0) is 17.4 Å². The SMILES string of the molecule is CC(C(=O)O)C1Cc2ccc(C(F)(F)F)cc2N1C. The van der Waals surface area contributed by atoms with Gasteiger partial charge in [-0.15, -0.1) is 0 Å². The van der Waals surface area contributed by atoms with Crippen molar-refractivity contribution >= 4 is 11.7 Å². The predicted molar refractivity (Wildman–Crippen MR) is 64.1 cm³/mol. The second-order valence-electron chi connectivity index (χ2n) is 4.85. The lowest BCUT2D eigenvalue weighted by Gasteiger charge is -2.26. The molecule has 1 aromatic rings. The molecule has 2 unspecified atom stereocenters. The third-order valence-electron chi connectivity index (χ3n) is 3.69. The molecule has 0 fully saturated rings. The molecule has 0 saturated carbocycles. The number of fused-ring (bicyclic) bond motifs is 1. The maximum absolute atomic E-state index is 12.7. The fraction of sp³-hybridized carbons (Fsp3) is 0.462. The van der Waals surface area contributed by atoms with Gasteiger partial charge in [-0.3, -0.25) is 4.79 Å². The Morgan fingerprint density at radius 1 is 1.47 bits per heavy atom. The van der Waals surface area contributed by atoms with Gasteiger partial charge in [0.05, 0.1) is 11.5 Å². The number of halogens is 3. The first-order chi connectivity index (χ1) is 8.71. The molecule has 0 aliphatic carbocycles. The monoisotopic (exact) mass is 273 g/mol. The average molecular weight is 273 g/mol. The lowest BCUT2D eigenvalue weighted by Crippen LogP contribution is -2.37. The van der Waals surface area contributed by atoms with Crippen molar-refractivity contribution in [3.63, 3.8) is 0 Å². The topological polar surface area (TPSA) is 40.5 Å². The van der Waals surface area contributed by atoms with Crippen LogP contribution >= 0.6 is 0 Å². The standard InChI is InChI=1S/C13H14F3NO2/c1-7(12(18)19)10-5-8-3-4-9(13(14,15)16)6-11(8)17(10)2/h3-4,6-7,10H,5H2,1-2H3,(H,18,19). The second kappa shape index (κ2) is 4.43. The molecule has 0 saturated heterocycles. The molecule has 6 heteroatoms. The number of hydrogen-bond donors (Lipinski definition) is 1. The second-order valence-corrected chi connectivity index (χ2v) is 4.85. The number of benzene rings is 1. The largest absolute Gasteiger partial charge is 0.481 e. The number of hydrogen-bond acceptors (Lipinski definition) is 2. The van der Waals surface area contributed by atoms with Gasteiger partial charge < -0.3 is 10.0 Å². The smallest absolute Gasteiger partial charge is 0.416 e. The molecule has 0 radical (unpaired) electrons. The van der Waals surface area contributed by atoms with Gasteiger partial charge in [-0.25, -0.2) is 0 Å². The van der Waals surface area contributed by atoms with Crippen molar-refractivity contribution in [3.05, 3.63) is 29.3 Å². The van der Waals surface area contributed by atoms with Gasteiger partial charge in [-0.1, -0.05) is 6.07 Å². The summed E-state index contributed by atoms with van der Waals surface area (Å²) in [6.07, 6.45) is -3.93. The number of aliphatic carboxylic acids is 1. The molecule has 2 rings (SSSR count). The summed E-state index contributed by atoms with van der Waals surface area (Å²) in [5.41, 5.74) is 0.517. The molecule has 1 heterocycles. The summed E-state index contributed by atoms with van der Waals surface area (Å²) >= 11 is 0. The molecular formula is C13H14F3NO2. The molecule has 2 atom stereocenters. The van der Waals surface area contributed by atoms with Crippen molar-refractivity contribution in [1.82, 2.24) is 0 Å². The molecule has 1 aliphatic rings. The Morgan fingerprint density at radius 2 is 2.11 bits per heavy atom. The van der Waals surface area contributed by atoms with Gasteiger partial charge in [0.2, 0.25) is 0 Å². The van der Waals surface area contributed by atoms with Crippen LogP contribution in [0.15, 0.2) is 18.2 Å². The molecule has 19 heavy (non-hydrogen) atoms. The van der Waals surface area contributed by atoms with Crippen LogP contribution in [0.3, 0.4) is 0 Å². The summed E-state index contributed by atoms with van der Waals surface area (Å²) in [4.78, 5) is 12.6. The minimum atomic E-state index is -4.38. The van der Waals surface area contributed by atoms with E-state index in [0.717, 1.165) is 17.7 Å². The number of alkyl halides is 3. The Kier molecular flexibility index (Phi) is 3.20. The van der Waals surface area contributed by atoms with Crippen LogP contribution in [0.4, 0.5) is 18.9 Å². The summed E-state index contributed by atoms with van der Waals surface area (Å²) in [5.74, 6) is -1.58. The number of carbonyl (C=O) groups is 1. The average Bonchev–Trinajstić information content (AvgIpc) is 2.64. The summed E-state index contributed by atoms with van der Waals surface area (Å²) in [6.45, 7) is 1.57. The van der Waals surface area contributed by atoms with E-state index in [1.165, 1.54) is 6.07 Å². The number of nitrogens with zero attached hydrogens (tertiary/aromatic N) is 1. The first-order valence-electron chi connectivity index (χ1n) is 5.87. The zero-order valence-corrected chi connectivity index (χ0v) is 10.5. The zero-order chi connectivity index (χ0) is 14.4. The van der Waals surface area contributed by atoms with Gasteiger partial charge in [0.1, 0.15) is 0 Å². The van der Waals surface area contributed by atoms with E-state index in [1.807, 2.05) is 0 Å². The van der Waals surface area contributed by atoms with Crippen LogP contribution in [0, 0.1) is 5.92 Å². The number of carboxylic acids is 1. The molecule has 0 aromatic heterocycles. The molecule has 0 bridgehead atoms. The Morgan fingerprint density at radius 3 is 2.63 bits per heavy atom. The highest BCUT2D eigenvalue weighted by Gasteiger charge is 2.37. The summed E-state index contributed by atoms with van der Waals surface area (Å²) in [5, 5.41) is 9.02. The van der Waals surface area contributed by atoms with Crippen molar-refractivity contribution in [1.29, 1.82) is 0 Å². The molecular weight excluding hydrogens is 259 g/mol. The van der Waals surface area contributed by atoms with Gasteiger partial charge in [0.25, 0.3) is 0 Å². The van der Waals surface area contributed by atoms with Crippen LogP contribution in [0.25, 0.3) is 0 Å². The van der Waals surface area contributed by atoms with Crippen LogP contribution in [0.2, 0.25) is 0 Å². The van der Waals surface area contributed by atoms with Crippen molar-refractivity contribution in [2.75, 3.05) is 11.9 Å². The van der Waals surface area contributed by atoms with E-state index < -0.39 is 23.6 Å². The fourth-order valence-electron chi connectivity index (χ4n) is 2.46. The summed E-state index contributed by atoms with van der Waals surface area (Å²) in [7, 11) is 1.64. The van der Waals surface area contributed by atoms with Crippen LogP contribution in [0.5, 0.6) is 0 Å². The normalized spacial score (nSPS) is 20.3. The number of carboxylic acid groups (broad SMARTS) is 1. The van der Waals surface area contributed by atoms with Gasteiger partial charge in [0.15, 0.2) is 0 Å². The van der Waals surface area contributed by atoms with Crippen molar-refractivity contribution < 1.29 is 23.1 Å². The van der Waals surface area contributed by atoms with E-state index >= 15 is 0 Å². The minimum Gasteiger partial charge on any atom is -0.481 e. The molecule has 1 aromatic carbocycles. The maximum Gasteiger partial charge on any atom is 0.416 e. The van der Waals surface area contributed by atoms with E-state index in [1.54, 1.807) is 18.9 Å². The van der Waals surface area contributed by atoms with Gasteiger partial charge in [-0.2, -0.15) is 13.2 Å². The molecule has 0 spiro atoms. The first kappa shape index (κ1) is 13.7. The maximum atomic E-state index is 12.7. The number of anilines is 1. The van der Waals surface area contributed by atoms with Crippen LogP contribution < -0.4 is 4.90 Å². The van der Waals surface area contributed by atoms with E-state index in [2.05, 4.69) is 0 Å². The highest BCUT2D eigenvalue weighted by molar-refractivity contribution is 5.73. The number of likely N-dealkylation sites (N-methyl/N-ethyl adjacent to an activating group) is 1. The third kappa shape index (κ3) is 2.39. The zero-order valence-electron chi connectivity index (χ0n) is 10.5. The number of rotatable bonds is 2. The first-order valence-corrected chi connectivity index (χ1v) is 5.87. The summed E-state index contributed by atoms with van der Waals surface area (Å²) in [6, 6.07) is 3.25. The van der Waals surface area contributed by atoms with Crippen LogP contribution in [-0.4, -0.2) is 24.2 Å². The van der Waals surface area contributed by atoms with E-state index in [0.29, 0.717) is 12.1 Å². The Hall–Kier alpha value is -1.72. The minimum absolute atomic E-state index is 0.309. The van der Waals surface area contributed by atoms with Crippen molar-refractivity contribution in [2.45, 2.75) is 25.6 Å². The fourth-order valence-corrected chi connectivity index (χ4v) is 2.46. The Labute approximate surface area is 108 Å². The summed E-state index contributed by atoms with van der Waals surface area (Å²) < 4.78 is 38.0. The van der Waals surface area contributed by atoms with Gasteiger partial charge in [0, 0.05) is 18.8 Å². The predicted octanol–water partition coefficient (Wildman–Crippen LogP) is 2.79. The third-order valence-corrected chi connectivity index (χ3v) is 3.69.